The standard InChI is InChI=1S/C14H21N3O3/c1-9-5-4-6-14(7-9,13(19)20)15-12(18)11-8-17(3)16-10(11)2/h8-9H,4-7H2,1-3H3,(H,15,18)(H,19,20). The van der Waals surface area contributed by atoms with Gasteiger partial charge < -0.3 is 10.4 Å². The molecule has 0 radical (unpaired) electrons. The summed E-state index contributed by atoms with van der Waals surface area (Å²) in [5, 5.41) is 16.4. The van der Waals surface area contributed by atoms with Gasteiger partial charge in [-0.2, -0.15) is 5.10 Å². The fourth-order valence-electron chi connectivity index (χ4n) is 3.02. The molecule has 6 nitrogen and oxygen atoms in total. The molecule has 1 heterocycles. The summed E-state index contributed by atoms with van der Waals surface area (Å²) in [7, 11) is 1.74. The van der Waals surface area contributed by atoms with Gasteiger partial charge in [0.2, 0.25) is 0 Å². The van der Waals surface area contributed by atoms with E-state index < -0.39 is 11.5 Å². The minimum atomic E-state index is -1.14. The minimum absolute atomic E-state index is 0.301. The van der Waals surface area contributed by atoms with E-state index in [9.17, 15) is 14.7 Å². The van der Waals surface area contributed by atoms with Crippen LogP contribution >= 0.6 is 0 Å². The van der Waals surface area contributed by atoms with E-state index in [0.29, 0.717) is 30.0 Å². The highest BCUT2D eigenvalue weighted by Crippen LogP contribution is 2.33. The average molecular weight is 279 g/mol. The van der Waals surface area contributed by atoms with Crippen LogP contribution in [0.1, 0.15) is 48.7 Å². The number of hydrogen-bond donors (Lipinski definition) is 2. The van der Waals surface area contributed by atoms with Crippen molar-refractivity contribution in [3.8, 4) is 0 Å². The van der Waals surface area contributed by atoms with Crippen LogP contribution in [0, 0.1) is 12.8 Å². The highest BCUT2D eigenvalue weighted by molar-refractivity contribution is 5.98. The Kier molecular flexibility index (Phi) is 3.83. The number of hydrogen-bond acceptors (Lipinski definition) is 3. The Hall–Kier alpha value is -1.85. The zero-order valence-electron chi connectivity index (χ0n) is 12.1. The first-order valence-corrected chi connectivity index (χ1v) is 6.90. The van der Waals surface area contributed by atoms with Crippen molar-refractivity contribution >= 4 is 11.9 Å². The van der Waals surface area contributed by atoms with E-state index in [0.717, 1.165) is 12.8 Å². The normalized spacial score (nSPS) is 26.2. The van der Waals surface area contributed by atoms with Crippen LogP contribution in [-0.2, 0) is 11.8 Å². The first-order valence-electron chi connectivity index (χ1n) is 6.90. The van der Waals surface area contributed by atoms with Crippen LogP contribution in [0.4, 0.5) is 0 Å². The summed E-state index contributed by atoms with van der Waals surface area (Å²) in [6.07, 6.45) is 4.41. The third-order valence-corrected chi connectivity index (χ3v) is 4.02. The topological polar surface area (TPSA) is 84.2 Å². The third-order valence-electron chi connectivity index (χ3n) is 4.02. The molecular weight excluding hydrogens is 258 g/mol. The van der Waals surface area contributed by atoms with Gasteiger partial charge in [-0.25, -0.2) is 4.79 Å². The molecule has 0 spiro atoms. The monoisotopic (exact) mass is 279 g/mol. The second-order valence-corrected chi connectivity index (χ2v) is 5.84. The molecule has 0 aromatic carbocycles. The Balaban J connectivity index is 2.22. The molecule has 1 aliphatic rings. The quantitative estimate of drug-likeness (QED) is 0.878. The largest absolute Gasteiger partial charge is 0.480 e. The van der Waals surface area contributed by atoms with Crippen molar-refractivity contribution in [1.29, 1.82) is 0 Å². The van der Waals surface area contributed by atoms with Gasteiger partial charge in [0.25, 0.3) is 5.91 Å². The molecule has 2 N–H and O–H groups in total. The summed E-state index contributed by atoms with van der Waals surface area (Å²) in [5.74, 6) is -0.999. The lowest BCUT2D eigenvalue weighted by atomic mass is 9.76. The lowest BCUT2D eigenvalue weighted by molar-refractivity contribution is -0.146. The molecule has 110 valence electrons. The number of aromatic nitrogens is 2. The molecule has 1 saturated carbocycles. The predicted octanol–water partition coefficient (Wildman–Crippen LogP) is 1.49. The number of carbonyl (C=O) groups is 2. The van der Waals surface area contributed by atoms with E-state index in [-0.39, 0.29) is 5.91 Å². The Morgan fingerprint density at radius 2 is 2.25 bits per heavy atom. The highest BCUT2D eigenvalue weighted by atomic mass is 16.4. The molecule has 2 unspecified atom stereocenters. The second-order valence-electron chi connectivity index (χ2n) is 5.84. The third kappa shape index (κ3) is 2.69. The summed E-state index contributed by atoms with van der Waals surface area (Å²) >= 11 is 0. The number of amides is 1. The van der Waals surface area contributed by atoms with E-state index in [2.05, 4.69) is 10.4 Å². The lowest BCUT2D eigenvalue weighted by Crippen LogP contribution is -2.56. The molecule has 0 bridgehead atoms. The summed E-state index contributed by atoms with van der Waals surface area (Å²) in [6, 6.07) is 0. The van der Waals surface area contributed by atoms with Crippen LogP contribution in [0.2, 0.25) is 0 Å². The SMILES string of the molecule is Cc1nn(C)cc1C(=O)NC1(C(=O)O)CCCC(C)C1. The van der Waals surface area contributed by atoms with Gasteiger partial charge in [-0.3, -0.25) is 9.48 Å². The number of carboxylic acid groups (broad SMARTS) is 1. The minimum Gasteiger partial charge on any atom is -0.480 e. The maximum Gasteiger partial charge on any atom is 0.329 e. The Morgan fingerprint density at radius 1 is 1.55 bits per heavy atom. The number of aryl methyl sites for hydroxylation is 2. The van der Waals surface area contributed by atoms with Crippen LogP contribution in [0.25, 0.3) is 0 Å². The number of carboxylic acids is 1. The van der Waals surface area contributed by atoms with Crippen molar-refractivity contribution in [2.45, 2.75) is 45.1 Å². The van der Waals surface area contributed by atoms with Crippen molar-refractivity contribution in [2.24, 2.45) is 13.0 Å². The van der Waals surface area contributed by atoms with Crippen molar-refractivity contribution in [3.05, 3.63) is 17.5 Å². The summed E-state index contributed by atoms with van der Waals surface area (Å²) in [5.41, 5.74) is -0.0995. The van der Waals surface area contributed by atoms with Gasteiger partial charge in [-0.1, -0.05) is 19.8 Å². The van der Waals surface area contributed by atoms with Crippen LogP contribution in [0.3, 0.4) is 0 Å². The lowest BCUT2D eigenvalue weighted by Gasteiger charge is -2.37. The van der Waals surface area contributed by atoms with Crippen LogP contribution in [0.15, 0.2) is 6.20 Å². The fourth-order valence-corrected chi connectivity index (χ4v) is 3.02. The van der Waals surface area contributed by atoms with E-state index in [1.807, 2.05) is 6.92 Å². The number of aliphatic carboxylic acids is 1. The molecule has 1 amide bonds. The van der Waals surface area contributed by atoms with E-state index in [1.165, 1.54) is 0 Å². The number of nitrogens with one attached hydrogen (secondary N) is 1. The van der Waals surface area contributed by atoms with Gasteiger partial charge in [0.15, 0.2) is 0 Å². The molecule has 2 atom stereocenters. The maximum atomic E-state index is 12.3. The number of rotatable bonds is 3. The zero-order chi connectivity index (χ0) is 14.9. The fraction of sp³-hybridized carbons (Fsp3) is 0.643. The molecule has 2 rings (SSSR count). The average Bonchev–Trinajstić information content (AvgIpc) is 2.68. The van der Waals surface area contributed by atoms with Gasteiger partial charge >= 0.3 is 5.97 Å². The number of carbonyl (C=O) groups excluding carboxylic acids is 1. The molecule has 1 aliphatic carbocycles. The summed E-state index contributed by atoms with van der Waals surface area (Å²) in [4.78, 5) is 24.0. The van der Waals surface area contributed by atoms with Gasteiger partial charge in [-0.05, 0) is 25.7 Å². The Bertz CT molecular complexity index is 538. The first kappa shape index (κ1) is 14.6. The van der Waals surface area contributed by atoms with Crippen molar-refractivity contribution in [2.75, 3.05) is 0 Å². The van der Waals surface area contributed by atoms with Crippen LogP contribution in [0.5, 0.6) is 0 Å². The maximum absolute atomic E-state index is 12.3. The molecule has 20 heavy (non-hydrogen) atoms. The van der Waals surface area contributed by atoms with Gasteiger partial charge in [-0.15, -0.1) is 0 Å². The summed E-state index contributed by atoms with van der Waals surface area (Å²) in [6.45, 7) is 3.77. The molecule has 1 aromatic rings. The zero-order valence-corrected chi connectivity index (χ0v) is 12.1. The second kappa shape index (κ2) is 5.26. The number of nitrogens with zero attached hydrogens (tertiary/aromatic N) is 2. The predicted molar refractivity (Wildman–Crippen MR) is 73.4 cm³/mol. The molecule has 0 saturated heterocycles. The van der Waals surface area contributed by atoms with Crippen molar-refractivity contribution in [3.63, 3.8) is 0 Å². The summed E-state index contributed by atoms with van der Waals surface area (Å²) < 4.78 is 1.56. The molecule has 1 aromatic heterocycles. The molecule has 0 aliphatic heterocycles. The van der Waals surface area contributed by atoms with Crippen LogP contribution < -0.4 is 5.32 Å². The van der Waals surface area contributed by atoms with E-state index >= 15 is 0 Å². The molecule has 1 fully saturated rings. The van der Waals surface area contributed by atoms with Gasteiger partial charge in [0, 0.05) is 13.2 Å². The molecule has 6 heteroatoms. The highest BCUT2D eigenvalue weighted by Gasteiger charge is 2.43. The Labute approximate surface area is 118 Å². The van der Waals surface area contributed by atoms with E-state index in [4.69, 9.17) is 0 Å². The van der Waals surface area contributed by atoms with Gasteiger partial charge in [0.1, 0.15) is 5.54 Å². The van der Waals surface area contributed by atoms with Gasteiger partial charge in [0.05, 0.1) is 11.3 Å². The van der Waals surface area contributed by atoms with Crippen LogP contribution in [-0.4, -0.2) is 32.3 Å². The van der Waals surface area contributed by atoms with Crippen molar-refractivity contribution < 1.29 is 14.7 Å². The first-order chi connectivity index (χ1) is 9.34. The van der Waals surface area contributed by atoms with E-state index in [1.54, 1.807) is 24.9 Å². The Morgan fingerprint density at radius 3 is 2.75 bits per heavy atom. The molecular formula is C14H21N3O3. The smallest absolute Gasteiger partial charge is 0.329 e. The van der Waals surface area contributed by atoms with Crippen molar-refractivity contribution in [1.82, 2.24) is 15.1 Å².